The Bertz CT molecular complexity index is 1870. The topological polar surface area (TPSA) is 126 Å². The lowest BCUT2D eigenvalue weighted by Gasteiger charge is -2.17. The van der Waals surface area contributed by atoms with Gasteiger partial charge in [-0.1, -0.05) is 29.4 Å². The van der Waals surface area contributed by atoms with Crippen LogP contribution in [0.4, 0.5) is 9.18 Å². The lowest BCUT2D eigenvalue weighted by atomic mass is 9.89. The Morgan fingerprint density at radius 2 is 1.95 bits per heavy atom. The number of ether oxygens (including phenoxy) is 1. The fourth-order valence-corrected chi connectivity index (χ4v) is 5.03. The van der Waals surface area contributed by atoms with E-state index in [0.29, 0.717) is 29.3 Å². The van der Waals surface area contributed by atoms with Crippen molar-refractivity contribution in [2.75, 3.05) is 7.05 Å². The maximum absolute atomic E-state index is 14.2. The van der Waals surface area contributed by atoms with Crippen molar-refractivity contribution >= 4 is 28.3 Å². The van der Waals surface area contributed by atoms with Gasteiger partial charge in [0.2, 0.25) is 0 Å². The summed E-state index contributed by atoms with van der Waals surface area (Å²) in [7, 11) is 1.50. The minimum Gasteiger partial charge on any atom is -0.488 e. The molecule has 0 fully saturated rings. The Hall–Kier alpha value is -5.19. The van der Waals surface area contributed by atoms with Gasteiger partial charge in [0, 0.05) is 30.8 Å². The van der Waals surface area contributed by atoms with Crippen LogP contribution in [0.15, 0.2) is 70.0 Å². The number of hydrogen-bond donors (Lipinski definition) is 2. The maximum Gasteiger partial charge on any atom is 0.439 e. The number of halogens is 1. The van der Waals surface area contributed by atoms with E-state index in [9.17, 15) is 19.1 Å². The van der Waals surface area contributed by atoms with E-state index in [4.69, 9.17) is 9.26 Å². The average Bonchev–Trinajstić information content (AvgIpc) is 3.47. The molecule has 0 saturated carbocycles. The van der Waals surface area contributed by atoms with Crippen LogP contribution in [0.25, 0.3) is 22.2 Å². The molecular weight excluding hydrogens is 517 g/mol. The highest BCUT2D eigenvalue weighted by Gasteiger charge is 2.24. The molecule has 0 spiro atoms. The van der Waals surface area contributed by atoms with Crippen LogP contribution in [-0.4, -0.2) is 42.8 Å². The number of allylic oxidation sites excluding steroid dienone is 1. The molecule has 0 bridgehead atoms. The molecule has 3 heterocycles. The second-order valence-corrected chi connectivity index (χ2v) is 9.61. The van der Waals surface area contributed by atoms with Crippen LogP contribution >= 0.6 is 0 Å². The molecule has 202 valence electrons. The molecular formula is C29H24FN5O5. The quantitative estimate of drug-likeness (QED) is 0.325. The highest BCUT2D eigenvalue weighted by atomic mass is 19.1. The van der Waals surface area contributed by atoms with Gasteiger partial charge in [0.05, 0.1) is 17.6 Å². The largest absolute Gasteiger partial charge is 0.488 e. The predicted octanol–water partition coefficient (Wildman–Crippen LogP) is 4.88. The molecule has 1 aliphatic heterocycles. The highest BCUT2D eigenvalue weighted by molar-refractivity contribution is 5.99. The second kappa shape index (κ2) is 9.84. The standard InChI is InChI=1S/C29H24FN5O5/c1-16(27-32-28(36)40-33-27)26-20-9-7-17(11-18(20)15-39-24-12-19(30)8-10-21(24)26)13-35-23-6-4-3-5-22(23)31-25(35)14-34(2)29(37)38/h3-12H,13-15H2,1-2H3,(H,37,38)(H,32,33,36). The lowest BCUT2D eigenvalue weighted by Crippen LogP contribution is -2.26. The van der Waals surface area contributed by atoms with Crippen LogP contribution in [0.3, 0.4) is 0 Å². The molecule has 0 saturated heterocycles. The SMILES string of the molecule is CC(=C1c2ccc(Cn3c(CN(C)C(=O)O)nc4ccccc43)cc2COc2cc(F)ccc21)c1noc(=O)[nH]1. The van der Waals surface area contributed by atoms with Crippen LogP contribution < -0.4 is 10.5 Å². The molecule has 0 aliphatic carbocycles. The van der Waals surface area contributed by atoms with E-state index >= 15 is 0 Å². The van der Waals surface area contributed by atoms with Crippen molar-refractivity contribution in [2.24, 2.45) is 0 Å². The van der Waals surface area contributed by atoms with Gasteiger partial charge in [-0.2, -0.15) is 0 Å². The number of benzene rings is 3. The Balaban J connectivity index is 1.46. The van der Waals surface area contributed by atoms with E-state index in [1.165, 1.54) is 24.1 Å². The third-order valence-corrected chi connectivity index (χ3v) is 6.99. The van der Waals surface area contributed by atoms with Gasteiger partial charge in [0.1, 0.15) is 24.0 Å². The third-order valence-electron chi connectivity index (χ3n) is 6.99. The van der Waals surface area contributed by atoms with Crippen molar-refractivity contribution in [2.45, 2.75) is 26.6 Å². The second-order valence-electron chi connectivity index (χ2n) is 9.61. The molecule has 40 heavy (non-hydrogen) atoms. The molecule has 0 atom stereocenters. The fraction of sp³-hybridized carbons (Fsp3) is 0.172. The first-order valence-electron chi connectivity index (χ1n) is 12.5. The van der Waals surface area contributed by atoms with Gasteiger partial charge in [-0.15, -0.1) is 0 Å². The van der Waals surface area contributed by atoms with Crippen LogP contribution in [-0.2, 0) is 19.7 Å². The number of H-pyrrole nitrogens is 1. The van der Waals surface area contributed by atoms with Gasteiger partial charge in [0.15, 0.2) is 5.82 Å². The molecule has 2 aromatic heterocycles. The minimum atomic E-state index is -1.04. The number of imidazole rings is 1. The molecule has 2 N–H and O–H groups in total. The zero-order valence-electron chi connectivity index (χ0n) is 21.6. The van der Waals surface area contributed by atoms with Crippen molar-refractivity contribution in [3.63, 3.8) is 0 Å². The van der Waals surface area contributed by atoms with Gasteiger partial charge in [-0.05, 0) is 59.5 Å². The molecule has 0 radical (unpaired) electrons. The molecule has 0 unspecified atom stereocenters. The molecule has 1 amide bonds. The summed E-state index contributed by atoms with van der Waals surface area (Å²) in [5.41, 5.74) is 6.32. The Kier molecular flexibility index (Phi) is 6.18. The number of carbonyl (C=O) groups is 1. The Morgan fingerprint density at radius 1 is 1.15 bits per heavy atom. The normalized spacial score (nSPS) is 13.8. The number of aromatic nitrogens is 4. The van der Waals surface area contributed by atoms with E-state index in [-0.39, 0.29) is 19.0 Å². The van der Waals surface area contributed by atoms with Crippen LogP contribution in [0, 0.1) is 5.82 Å². The van der Waals surface area contributed by atoms with Gasteiger partial charge in [-0.3, -0.25) is 9.51 Å². The summed E-state index contributed by atoms with van der Waals surface area (Å²) in [4.78, 5) is 31.6. The van der Waals surface area contributed by atoms with Crippen LogP contribution in [0.5, 0.6) is 5.75 Å². The number of carboxylic acid groups (broad SMARTS) is 1. The summed E-state index contributed by atoms with van der Waals surface area (Å²) in [6, 6.07) is 18.0. The monoisotopic (exact) mass is 541 g/mol. The maximum atomic E-state index is 14.2. The summed E-state index contributed by atoms with van der Waals surface area (Å²) in [6.07, 6.45) is -1.04. The van der Waals surface area contributed by atoms with Gasteiger partial charge in [0.25, 0.3) is 0 Å². The van der Waals surface area contributed by atoms with Gasteiger partial charge < -0.3 is 19.3 Å². The number of rotatable bonds is 5. The molecule has 5 aromatic rings. The lowest BCUT2D eigenvalue weighted by molar-refractivity contribution is 0.152. The number of fused-ring (bicyclic) bond motifs is 3. The first-order valence-corrected chi connectivity index (χ1v) is 12.5. The zero-order valence-corrected chi connectivity index (χ0v) is 21.6. The minimum absolute atomic E-state index is 0.126. The van der Waals surface area contributed by atoms with Crippen molar-refractivity contribution in [1.82, 2.24) is 24.6 Å². The molecule has 1 aliphatic rings. The summed E-state index contributed by atoms with van der Waals surface area (Å²) >= 11 is 0. The first kappa shape index (κ1) is 25.1. The van der Waals surface area contributed by atoms with Crippen LogP contribution in [0.1, 0.15) is 40.8 Å². The van der Waals surface area contributed by atoms with Crippen molar-refractivity contribution in [3.05, 3.63) is 111 Å². The smallest absolute Gasteiger partial charge is 0.439 e. The van der Waals surface area contributed by atoms with E-state index in [0.717, 1.165) is 33.3 Å². The summed E-state index contributed by atoms with van der Waals surface area (Å²) in [6.45, 7) is 2.56. The number of nitrogens with one attached hydrogen (secondary N) is 1. The number of aromatic amines is 1. The van der Waals surface area contributed by atoms with E-state index in [1.807, 2.05) is 54.0 Å². The average molecular weight is 542 g/mol. The number of hydrogen-bond acceptors (Lipinski definition) is 6. The molecule has 3 aromatic carbocycles. The summed E-state index contributed by atoms with van der Waals surface area (Å²) in [5, 5.41) is 13.3. The third kappa shape index (κ3) is 4.51. The molecule has 11 heteroatoms. The van der Waals surface area contributed by atoms with E-state index in [1.54, 1.807) is 6.07 Å². The molecule has 10 nitrogen and oxygen atoms in total. The van der Waals surface area contributed by atoms with E-state index < -0.39 is 17.7 Å². The van der Waals surface area contributed by atoms with Crippen molar-refractivity contribution < 1.29 is 23.6 Å². The summed E-state index contributed by atoms with van der Waals surface area (Å²) < 4.78 is 27.0. The van der Waals surface area contributed by atoms with Crippen molar-refractivity contribution in [3.8, 4) is 5.75 Å². The van der Waals surface area contributed by atoms with E-state index in [2.05, 4.69) is 15.1 Å². The van der Waals surface area contributed by atoms with Gasteiger partial charge in [-0.25, -0.2) is 19.0 Å². The molecule has 6 rings (SSSR count). The zero-order chi connectivity index (χ0) is 28.0. The number of para-hydroxylation sites is 2. The predicted molar refractivity (Wildman–Crippen MR) is 144 cm³/mol. The van der Waals surface area contributed by atoms with Gasteiger partial charge >= 0.3 is 11.8 Å². The number of amides is 1. The van der Waals surface area contributed by atoms with Crippen LogP contribution in [0.2, 0.25) is 0 Å². The number of nitrogens with zero attached hydrogens (tertiary/aromatic N) is 4. The van der Waals surface area contributed by atoms with Crippen molar-refractivity contribution in [1.29, 1.82) is 0 Å². The Morgan fingerprint density at radius 3 is 2.73 bits per heavy atom. The Labute approximate surface area is 226 Å². The first-order chi connectivity index (χ1) is 19.3. The summed E-state index contributed by atoms with van der Waals surface area (Å²) in [5.74, 6) is 0.156. The fourth-order valence-electron chi connectivity index (χ4n) is 5.03. The highest BCUT2D eigenvalue weighted by Crippen LogP contribution is 2.41.